The van der Waals surface area contributed by atoms with Gasteiger partial charge < -0.3 is 4.98 Å². The number of imidazole rings is 1. The first kappa shape index (κ1) is 16.6. The minimum absolute atomic E-state index is 0.432. The Morgan fingerprint density at radius 2 is 1.50 bits per heavy atom. The molecule has 0 spiro atoms. The summed E-state index contributed by atoms with van der Waals surface area (Å²) < 4.78 is 2.34. The lowest BCUT2D eigenvalue weighted by Gasteiger charge is -2.22. The van der Waals surface area contributed by atoms with E-state index < -0.39 is 0 Å². The number of rotatable bonds is 4. The summed E-state index contributed by atoms with van der Waals surface area (Å²) in [5, 5.41) is 0. The lowest BCUT2D eigenvalue weighted by molar-refractivity contribution is 0.810. The monoisotopic (exact) mass is 343 g/mol. The number of nitrogens with zero attached hydrogens (tertiary/aromatic N) is 2. The summed E-state index contributed by atoms with van der Waals surface area (Å²) in [6, 6.07) is 19.2. The number of H-pyrrole nitrogens is 1. The molecule has 1 N–H and O–H groups in total. The third-order valence-corrected chi connectivity index (χ3v) is 4.97. The van der Waals surface area contributed by atoms with Crippen molar-refractivity contribution >= 4 is 11.0 Å². The van der Waals surface area contributed by atoms with Gasteiger partial charge in [-0.3, -0.25) is 4.57 Å². The van der Waals surface area contributed by atoms with Gasteiger partial charge in [0.15, 0.2) is 5.82 Å². The summed E-state index contributed by atoms with van der Waals surface area (Å²) in [7, 11) is 0. The van der Waals surface area contributed by atoms with Crippen LogP contribution in [0.3, 0.4) is 0 Å². The van der Waals surface area contributed by atoms with Crippen molar-refractivity contribution in [2.45, 2.75) is 39.5 Å². The minimum Gasteiger partial charge on any atom is -0.359 e. The molecule has 0 amide bonds. The number of hydrogen-bond acceptors (Lipinski definition) is 1. The van der Waals surface area contributed by atoms with Crippen LogP contribution in [0.5, 0.6) is 0 Å². The molecular weight excluding hydrogens is 318 g/mol. The average molecular weight is 343 g/mol. The highest BCUT2D eigenvalue weighted by molar-refractivity contribution is 5.83. The predicted molar refractivity (Wildman–Crippen MR) is 109 cm³/mol. The van der Waals surface area contributed by atoms with E-state index in [0.717, 1.165) is 22.6 Å². The number of hydrogen-bond donors (Lipinski definition) is 1. The second-order valence-corrected chi connectivity index (χ2v) is 7.44. The molecule has 0 aliphatic rings. The van der Waals surface area contributed by atoms with Crippen LogP contribution in [0.25, 0.3) is 28.2 Å². The standard InChI is InChI=1S/C23H25N3/c1-15(2)17-9-7-10-18(16(3)4)22(17)26-21-13-6-5-11-19(21)25-23(26)20-12-8-14-24-20/h5-16,24H,1-4H3. The van der Waals surface area contributed by atoms with Crippen LogP contribution in [-0.4, -0.2) is 14.5 Å². The number of benzene rings is 2. The lowest BCUT2D eigenvalue weighted by atomic mass is 9.92. The Hall–Kier alpha value is -2.81. The third kappa shape index (κ3) is 2.64. The van der Waals surface area contributed by atoms with E-state index in [2.05, 4.69) is 85.8 Å². The van der Waals surface area contributed by atoms with Gasteiger partial charge >= 0.3 is 0 Å². The molecule has 3 heteroatoms. The zero-order valence-corrected chi connectivity index (χ0v) is 15.8. The van der Waals surface area contributed by atoms with Crippen LogP contribution in [-0.2, 0) is 0 Å². The maximum Gasteiger partial charge on any atom is 0.162 e. The molecule has 3 nitrogen and oxygen atoms in total. The van der Waals surface area contributed by atoms with Crippen molar-refractivity contribution in [3.63, 3.8) is 0 Å². The molecule has 0 saturated heterocycles. The first-order chi connectivity index (χ1) is 12.6. The molecule has 2 aromatic heterocycles. The molecule has 0 fully saturated rings. The van der Waals surface area contributed by atoms with E-state index in [9.17, 15) is 0 Å². The molecule has 26 heavy (non-hydrogen) atoms. The SMILES string of the molecule is CC(C)c1cccc(C(C)C)c1-n1c(-c2ccc[nH]2)nc2ccccc21. The zero-order valence-electron chi connectivity index (χ0n) is 15.8. The number of nitrogens with one attached hydrogen (secondary N) is 1. The van der Waals surface area contributed by atoms with Gasteiger partial charge in [0, 0.05) is 6.20 Å². The number of aromatic nitrogens is 3. The highest BCUT2D eigenvalue weighted by Crippen LogP contribution is 2.36. The maximum absolute atomic E-state index is 4.96. The van der Waals surface area contributed by atoms with Gasteiger partial charge in [0.25, 0.3) is 0 Å². The fourth-order valence-electron chi connectivity index (χ4n) is 3.67. The van der Waals surface area contributed by atoms with E-state index >= 15 is 0 Å². The summed E-state index contributed by atoms with van der Waals surface area (Å²) in [4.78, 5) is 8.30. The molecule has 132 valence electrons. The van der Waals surface area contributed by atoms with Crippen LogP contribution in [0.2, 0.25) is 0 Å². The molecule has 0 saturated carbocycles. The van der Waals surface area contributed by atoms with Crippen molar-refractivity contribution in [1.82, 2.24) is 14.5 Å². The van der Waals surface area contributed by atoms with Gasteiger partial charge in [0.05, 0.1) is 22.4 Å². The van der Waals surface area contributed by atoms with Gasteiger partial charge in [0.2, 0.25) is 0 Å². The Balaban J connectivity index is 2.14. The molecule has 4 aromatic rings. The Labute approximate surface area is 154 Å². The van der Waals surface area contributed by atoms with E-state index in [4.69, 9.17) is 4.98 Å². The van der Waals surface area contributed by atoms with Crippen LogP contribution >= 0.6 is 0 Å². The summed E-state index contributed by atoms with van der Waals surface area (Å²) in [5.41, 5.74) is 7.18. The molecule has 0 atom stereocenters. The van der Waals surface area contributed by atoms with E-state index in [1.165, 1.54) is 16.8 Å². The second-order valence-electron chi connectivity index (χ2n) is 7.44. The van der Waals surface area contributed by atoms with Gasteiger partial charge in [-0.25, -0.2) is 4.98 Å². The van der Waals surface area contributed by atoms with E-state index in [0.29, 0.717) is 11.8 Å². The molecule has 0 unspecified atom stereocenters. The van der Waals surface area contributed by atoms with Crippen molar-refractivity contribution in [3.8, 4) is 17.2 Å². The van der Waals surface area contributed by atoms with Crippen molar-refractivity contribution < 1.29 is 0 Å². The van der Waals surface area contributed by atoms with Crippen molar-refractivity contribution in [2.75, 3.05) is 0 Å². The predicted octanol–water partition coefficient (Wildman–Crippen LogP) is 6.27. The van der Waals surface area contributed by atoms with Gasteiger partial charge in [0.1, 0.15) is 0 Å². The highest BCUT2D eigenvalue weighted by Gasteiger charge is 2.21. The second kappa shape index (κ2) is 6.49. The minimum atomic E-state index is 0.432. The first-order valence-electron chi connectivity index (χ1n) is 9.32. The quantitative estimate of drug-likeness (QED) is 0.465. The Bertz CT molecular complexity index is 1010. The molecule has 0 bridgehead atoms. The molecule has 0 radical (unpaired) electrons. The molecule has 2 heterocycles. The smallest absolute Gasteiger partial charge is 0.162 e. The van der Waals surface area contributed by atoms with Crippen molar-refractivity contribution in [3.05, 3.63) is 71.9 Å². The molecule has 2 aromatic carbocycles. The first-order valence-corrected chi connectivity index (χ1v) is 9.32. The summed E-state index contributed by atoms with van der Waals surface area (Å²) >= 11 is 0. The molecule has 0 aliphatic heterocycles. The normalized spacial score (nSPS) is 11.8. The van der Waals surface area contributed by atoms with Crippen LogP contribution in [0, 0.1) is 0 Å². The van der Waals surface area contributed by atoms with Crippen molar-refractivity contribution in [1.29, 1.82) is 0 Å². The van der Waals surface area contributed by atoms with E-state index in [1.54, 1.807) is 0 Å². The lowest BCUT2D eigenvalue weighted by Crippen LogP contribution is -2.08. The largest absolute Gasteiger partial charge is 0.359 e. The summed E-state index contributed by atoms with van der Waals surface area (Å²) in [6.45, 7) is 9.04. The van der Waals surface area contributed by atoms with E-state index in [-0.39, 0.29) is 0 Å². The zero-order chi connectivity index (χ0) is 18.3. The van der Waals surface area contributed by atoms with Crippen LogP contribution in [0.4, 0.5) is 0 Å². The van der Waals surface area contributed by atoms with Crippen molar-refractivity contribution in [2.24, 2.45) is 0 Å². The number of para-hydroxylation sites is 3. The highest BCUT2D eigenvalue weighted by atomic mass is 15.1. The van der Waals surface area contributed by atoms with Gasteiger partial charge in [-0.05, 0) is 47.2 Å². The maximum atomic E-state index is 4.96. The number of fused-ring (bicyclic) bond motifs is 1. The van der Waals surface area contributed by atoms with Gasteiger partial charge in [-0.1, -0.05) is 58.0 Å². The summed E-state index contributed by atoms with van der Waals surface area (Å²) in [5.74, 6) is 1.83. The Morgan fingerprint density at radius 1 is 0.808 bits per heavy atom. The van der Waals surface area contributed by atoms with Gasteiger partial charge in [-0.15, -0.1) is 0 Å². The molecule has 0 aliphatic carbocycles. The molecule has 4 rings (SSSR count). The number of aromatic amines is 1. The fraction of sp³-hybridized carbons (Fsp3) is 0.261. The van der Waals surface area contributed by atoms with Crippen LogP contribution < -0.4 is 0 Å². The average Bonchev–Trinajstić information content (AvgIpc) is 3.28. The van der Waals surface area contributed by atoms with Crippen LogP contribution in [0.15, 0.2) is 60.8 Å². The fourth-order valence-corrected chi connectivity index (χ4v) is 3.67. The Kier molecular flexibility index (Phi) is 4.15. The third-order valence-electron chi connectivity index (χ3n) is 4.97. The molecular formula is C23H25N3. The van der Waals surface area contributed by atoms with E-state index in [1.807, 2.05) is 12.3 Å². The topological polar surface area (TPSA) is 33.6 Å². The van der Waals surface area contributed by atoms with Gasteiger partial charge in [-0.2, -0.15) is 0 Å². The Morgan fingerprint density at radius 3 is 2.12 bits per heavy atom. The summed E-state index contributed by atoms with van der Waals surface area (Å²) in [6.07, 6.45) is 1.96. The van der Waals surface area contributed by atoms with Crippen LogP contribution in [0.1, 0.15) is 50.7 Å².